The first-order chi connectivity index (χ1) is 13.3. The van der Waals surface area contributed by atoms with Crippen molar-refractivity contribution in [3.05, 3.63) is 72.4 Å². The molecule has 0 saturated carbocycles. The van der Waals surface area contributed by atoms with Gasteiger partial charge in [0.05, 0.1) is 24.2 Å². The molecule has 0 N–H and O–H groups in total. The Labute approximate surface area is 160 Å². The van der Waals surface area contributed by atoms with Gasteiger partial charge in [-0.2, -0.15) is 0 Å². The minimum Gasteiger partial charge on any atom is -0.496 e. The van der Waals surface area contributed by atoms with E-state index in [1.54, 1.807) is 19.5 Å². The van der Waals surface area contributed by atoms with Gasteiger partial charge in [0.2, 0.25) is 0 Å². The number of likely N-dealkylation sites (tertiary alicyclic amines) is 1. The molecule has 3 aromatic rings. The van der Waals surface area contributed by atoms with Crippen LogP contribution < -0.4 is 4.74 Å². The van der Waals surface area contributed by atoms with Crippen LogP contribution in [0.3, 0.4) is 0 Å². The van der Waals surface area contributed by atoms with Crippen molar-refractivity contribution in [3.8, 4) is 17.0 Å². The van der Waals surface area contributed by atoms with Crippen LogP contribution >= 0.6 is 0 Å². The van der Waals surface area contributed by atoms with Crippen molar-refractivity contribution in [2.24, 2.45) is 0 Å². The Bertz CT molecular complexity index is 884. The summed E-state index contributed by atoms with van der Waals surface area (Å²) >= 11 is 0. The fourth-order valence-electron chi connectivity index (χ4n) is 3.84. The molecule has 5 heteroatoms. The van der Waals surface area contributed by atoms with Crippen LogP contribution in [-0.4, -0.2) is 40.1 Å². The summed E-state index contributed by atoms with van der Waals surface area (Å²) in [6.45, 7) is 2.94. The van der Waals surface area contributed by atoms with E-state index in [0.717, 1.165) is 60.9 Å². The average Bonchev–Trinajstić information content (AvgIpc) is 2.75. The molecule has 1 aliphatic heterocycles. The van der Waals surface area contributed by atoms with E-state index in [1.165, 1.54) is 0 Å². The zero-order valence-corrected chi connectivity index (χ0v) is 15.6. The Balaban J connectivity index is 1.60. The zero-order chi connectivity index (χ0) is 18.5. The van der Waals surface area contributed by atoms with E-state index in [2.05, 4.69) is 27.0 Å². The number of para-hydroxylation sites is 1. The van der Waals surface area contributed by atoms with Gasteiger partial charge in [0.1, 0.15) is 5.75 Å². The van der Waals surface area contributed by atoms with Gasteiger partial charge in [0.25, 0.3) is 0 Å². The summed E-state index contributed by atoms with van der Waals surface area (Å²) in [4.78, 5) is 16.3. The summed E-state index contributed by atoms with van der Waals surface area (Å²) in [6, 6.07) is 14.1. The summed E-state index contributed by atoms with van der Waals surface area (Å²) in [7, 11) is 1.70. The van der Waals surface area contributed by atoms with Gasteiger partial charge in [-0.25, -0.2) is 0 Å². The molecule has 1 aliphatic rings. The van der Waals surface area contributed by atoms with Gasteiger partial charge in [0, 0.05) is 43.2 Å². The van der Waals surface area contributed by atoms with Crippen LogP contribution in [0.5, 0.6) is 5.75 Å². The fourth-order valence-corrected chi connectivity index (χ4v) is 3.84. The molecule has 1 atom stereocenters. The van der Waals surface area contributed by atoms with Crippen LogP contribution in [0, 0.1) is 0 Å². The molecule has 1 aromatic carbocycles. The third kappa shape index (κ3) is 3.98. The van der Waals surface area contributed by atoms with Crippen LogP contribution in [0.4, 0.5) is 0 Å². The Morgan fingerprint density at radius 1 is 1.00 bits per heavy atom. The average molecular weight is 360 g/mol. The lowest BCUT2D eigenvalue weighted by Crippen LogP contribution is -2.34. The monoisotopic (exact) mass is 360 g/mol. The summed E-state index contributed by atoms with van der Waals surface area (Å²) in [5.74, 6) is 1.19. The molecule has 4 rings (SSSR count). The molecule has 5 nitrogen and oxygen atoms in total. The summed E-state index contributed by atoms with van der Waals surface area (Å²) < 4.78 is 5.56. The predicted octanol–water partition coefficient (Wildman–Crippen LogP) is 3.93. The van der Waals surface area contributed by atoms with Crippen molar-refractivity contribution >= 4 is 0 Å². The van der Waals surface area contributed by atoms with Gasteiger partial charge in [-0.1, -0.05) is 18.2 Å². The lowest BCUT2D eigenvalue weighted by molar-refractivity contribution is 0.196. The lowest BCUT2D eigenvalue weighted by atomic mass is 9.91. The number of piperidine rings is 1. The standard InChI is InChI=1S/C22H24N4O/c1-27-20-10-3-2-9-19(20)22-21(24-12-13-25-22)17-7-6-14-26(15-17)16-18-8-4-5-11-23-18/h2-5,8-13,17H,6-7,14-16H2,1H3/t17-/m0/s1. The minimum atomic E-state index is 0.357. The highest BCUT2D eigenvalue weighted by atomic mass is 16.5. The van der Waals surface area contributed by atoms with Crippen molar-refractivity contribution < 1.29 is 4.74 Å². The minimum absolute atomic E-state index is 0.357. The van der Waals surface area contributed by atoms with E-state index >= 15 is 0 Å². The molecule has 0 amide bonds. The van der Waals surface area contributed by atoms with Crippen LogP contribution in [-0.2, 0) is 6.54 Å². The molecular weight excluding hydrogens is 336 g/mol. The van der Waals surface area contributed by atoms with Gasteiger partial charge < -0.3 is 4.74 Å². The topological polar surface area (TPSA) is 51.1 Å². The van der Waals surface area contributed by atoms with Gasteiger partial charge in [0.15, 0.2) is 0 Å². The number of nitrogens with zero attached hydrogens (tertiary/aromatic N) is 4. The van der Waals surface area contributed by atoms with Crippen molar-refractivity contribution in [1.82, 2.24) is 19.9 Å². The second-order valence-corrected chi connectivity index (χ2v) is 6.89. The molecule has 3 heterocycles. The number of hydrogen-bond acceptors (Lipinski definition) is 5. The lowest BCUT2D eigenvalue weighted by Gasteiger charge is -2.32. The van der Waals surface area contributed by atoms with Gasteiger partial charge in [-0.05, 0) is 43.7 Å². The molecule has 1 saturated heterocycles. The van der Waals surface area contributed by atoms with E-state index in [4.69, 9.17) is 9.72 Å². The second kappa shape index (κ2) is 8.27. The van der Waals surface area contributed by atoms with Gasteiger partial charge in [-0.3, -0.25) is 19.9 Å². The van der Waals surface area contributed by atoms with Gasteiger partial charge >= 0.3 is 0 Å². The van der Waals surface area contributed by atoms with E-state index in [0.29, 0.717) is 5.92 Å². The first kappa shape index (κ1) is 17.6. The molecule has 27 heavy (non-hydrogen) atoms. The summed E-state index contributed by atoms with van der Waals surface area (Å²) in [5.41, 5.74) is 4.11. The van der Waals surface area contributed by atoms with E-state index in [1.807, 2.05) is 36.5 Å². The summed E-state index contributed by atoms with van der Waals surface area (Å²) in [5, 5.41) is 0. The molecule has 0 aliphatic carbocycles. The second-order valence-electron chi connectivity index (χ2n) is 6.89. The van der Waals surface area contributed by atoms with Crippen LogP contribution in [0.1, 0.15) is 30.1 Å². The van der Waals surface area contributed by atoms with Crippen LogP contribution in [0.2, 0.25) is 0 Å². The van der Waals surface area contributed by atoms with Crippen molar-refractivity contribution in [2.75, 3.05) is 20.2 Å². The van der Waals surface area contributed by atoms with Crippen molar-refractivity contribution in [3.63, 3.8) is 0 Å². The smallest absolute Gasteiger partial charge is 0.128 e. The van der Waals surface area contributed by atoms with Crippen LogP contribution in [0.15, 0.2) is 61.1 Å². The number of methoxy groups -OCH3 is 1. The number of rotatable bonds is 5. The van der Waals surface area contributed by atoms with Gasteiger partial charge in [-0.15, -0.1) is 0 Å². The van der Waals surface area contributed by atoms with E-state index in [-0.39, 0.29) is 0 Å². The first-order valence-corrected chi connectivity index (χ1v) is 9.41. The maximum absolute atomic E-state index is 5.56. The molecule has 138 valence electrons. The Kier molecular flexibility index (Phi) is 5.39. The number of ether oxygens (including phenoxy) is 1. The summed E-state index contributed by atoms with van der Waals surface area (Å²) in [6.07, 6.45) is 7.70. The highest BCUT2D eigenvalue weighted by Crippen LogP contribution is 2.35. The maximum atomic E-state index is 5.56. The quantitative estimate of drug-likeness (QED) is 0.690. The molecule has 0 bridgehead atoms. The molecule has 0 unspecified atom stereocenters. The molecule has 1 fully saturated rings. The number of benzene rings is 1. The highest BCUT2D eigenvalue weighted by Gasteiger charge is 2.26. The van der Waals surface area contributed by atoms with E-state index in [9.17, 15) is 0 Å². The largest absolute Gasteiger partial charge is 0.496 e. The Morgan fingerprint density at radius 2 is 1.85 bits per heavy atom. The fraction of sp³-hybridized carbons (Fsp3) is 0.318. The predicted molar refractivity (Wildman–Crippen MR) is 106 cm³/mol. The third-order valence-corrected chi connectivity index (χ3v) is 5.09. The normalized spacial score (nSPS) is 17.6. The molecule has 0 spiro atoms. The zero-order valence-electron chi connectivity index (χ0n) is 15.6. The molecule has 0 radical (unpaired) electrons. The third-order valence-electron chi connectivity index (χ3n) is 5.09. The van der Waals surface area contributed by atoms with E-state index < -0.39 is 0 Å². The number of aromatic nitrogens is 3. The number of pyridine rings is 1. The number of hydrogen-bond donors (Lipinski definition) is 0. The van der Waals surface area contributed by atoms with Crippen LogP contribution in [0.25, 0.3) is 11.3 Å². The SMILES string of the molecule is COc1ccccc1-c1nccnc1[C@H]1CCCN(Cc2ccccn2)C1. The molecular formula is C22H24N4O. The highest BCUT2D eigenvalue weighted by molar-refractivity contribution is 5.69. The Hall–Kier alpha value is -2.79. The molecule has 2 aromatic heterocycles. The maximum Gasteiger partial charge on any atom is 0.128 e. The van der Waals surface area contributed by atoms with Crippen molar-refractivity contribution in [2.45, 2.75) is 25.3 Å². The first-order valence-electron chi connectivity index (χ1n) is 9.41. The van der Waals surface area contributed by atoms with Crippen molar-refractivity contribution in [1.29, 1.82) is 0 Å². The Morgan fingerprint density at radius 3 is 2.70 bits per heavy atom.